The molecule has 19 heavy (non-hydrogen) atoms. The molecule has 1 N–H and O–H groups in total. The van der Waals surface area contributed by atoms with E-state index in [4.69, 9.17) is 4.52 Å². The van der Waals surface area contributed by atoms with Crippen molar-refractivity contribution in [2.24, 2.45) is 0 Å². The highest BCUT2D eigenvalue weighted by Crippen LogP contribution is 2.21. The number of nitrogens with one attached hydrogen (secondary N) is 1. The number of hydrogen-bond donors (Lipinski definition) is 1. The van der Waals surface area contributed by atoms with Crippen LogP contribution < -0.4 is 0 Å². The summed E-state index contributed by atoms with van der Waals surface area (Å²) in [5.41, 5.74) is 3.43. The predicted octanol–water partition coefficient (Wildman–Crippen LogP) is 1.47. The minimum atomic E-state index is -0.00384. The molecule has 0 saturated heterocycles. The van der Waals surface area contributed by atoms with Crippen LogP contribution in [0.2, 0.25) is 0 Å². The van der Waals surface area contributed by atoms with Gasteiger partial charge in [-0.2, -0.15) is 0 Å². The first-order valence-electron chi connectivity index (χ1n) is 6.46. The van der Waals surface area contributed by atoms with Gasteiger partial charge in [0.2, 0.25) is 0 Å². The van der Waals surface area contributed by atoms with Gasteiger partial charge in [0.1, 0.15) is 11.3 Å². The van der Waals surface area contributed by atoms with E-state index in [1.54, 1.807) is 13.3 Å². The van der Waals surface area contributed by atoms with E-state index >= 15 is 0 Å². The van der Waals surface area contributed by atoms with Crippen LogP contribution in [0, 0.1) is 6.92 Å². The van der Waals surface area contributed by atoms with Gasteiger partial charge in [0, 0.05) is 13.0 Å². The van der Waals surface area contributed by atoms with Crippen molar-refractivity contribution < 1.29 is 9.32 Å². The lowest BCUT2D eigenvalue weighted by atomic mass is 10.1. The van der Waals surface area contributed by atoms with Crippen LogP contribution >= 0.6 is 0 Å². The van der Waals surface area contributed by atoms with Crippen LogP contribution in [0.4, 0.5) is 0 Å². The van der Waals surface area contributed by atoms with Crippen LogP contribution in [-0.2, 0) is 19.4 Å². The van der Waals surface area contributed by atoms with Crippen LogP contribution in [0.15, 0.2) is 10.9 Å². The third kappa shape index (κ3) is 1.93. The van der Waals surface area contributed by atoms with E-state index in [0.717, 1.165) is 23.5 Å². The molecule has 3 heterocycles. The summed E-state index contributed by atoms with van der Waals surface area (Å²) < 4.78 is 5.14. The molecule has 100 valence electrons. The molecule has 0 radical (unpaired) electrons. The molecule has 1 amide bonds. The number of imidazole rings is 1. The molecule has 6 heteroatoms. The maximum atomic E-state index is 12.6. The predicted molar refractivity (Wildman–Crippen MR) is 67.7 cm³/mol. The molecule has 0 spiro atoms. The number of rotatable bonds is 2. The Hall–Kier alpha value is -2.11. The van der Waals surface area contributed by atoms with Crippen molar-refractivity contribution in [1.82, 2.24) is 20.0 Å². The first kappa shape index (κ1) is 12.0. The number of aryl methyl sites for hydroxylation is 2. The van der Waals surface area contributed by atoms with Gasteiger partial charge in [-0.3, -0.25) is 4.79 Å². The number of nitrogens with zero attached hydrogens (tertiary/aromatic N) is 3. The van der Waals surface area contributed by atoms with Gasteiger partial charge in [0.25, 0.3) is 5.91 Å². The molecule has 0 atom stereocenters. The molecule has 0 saturated carbocycles. The number of H-pyrrole nitrogens is 1. The molecule has 6 nitrogen and oxygen atoms in total. The zero-order valence-electron chi connectivity index (χ0n) is 11.1. The van der Waals surface area contributed by atoms with E-state index < -0.39 is 0 Å². The molecular formula is C13H16N4O2. The van der Waals surface area contributed by atoms with Crippen molar-refractivity contribution in [3.8, 4) is 0 Å². The molecule has 1 aliphatic heterocycles. The van der Waals surface area contributed by atoms with Crippen molar-refractivity contribution in [1.29, 1.82) is 0 Å². The number of carbonyl (C=O) groups is 1. The number of carbonyl (C=O) groups excluding carboxylic acids is 1. The van der Waals surface area contributed by atoms with Gasteiger partial charge >= 0.3 is 0 Å². The molecule has 3 rings (SSSR count). The van der Waals surface area contributed by atoms with Gasteiger partial charge in [-0.15, -0.1) is 0 Å². The van der Waals surface area contributed by atoms with Gasteiger partial charge in [-0.05, 0) is 13.3 Å². The van der Waals surface area contributed by atoms with E-state index in [0.29, 0.717) is 30.8 Å². The smallest absolute Gasteiger partial charge is 0.259 e. The maximum Gasteiger partial charge on any atom is 0.259 e. The highest BCUT2D eigenvalue weighted by molar-refractivity contribution is 5.96. The monoisotopic (exact) mass is 260 g/mol. The number of aromatic amines is 1. The fourth-order valence-corrected chi connectivity index (χ4v) is 2.48. The second kappa shape index (κ2) is 4.53. The van der Waals surface area contributed by atoms with E-state index in [1.165, 1.54) is 0 Å². The summed E-state index contributed by atoms with van der Waals surface area (Å²) in [4.78, 5) is 21.7. The Morgan fingerprint density at radius 1 is 1.58 bits per heavy atom. The summed E-state index contributed by atoms with van der Waals surface area (Å²) in [6.45, 7) is 5.01. The van der Waals surface area contributed by atoms with Gasteiger partial charge < -0.3 is 14.4 Å². The zero-order chi connectivity index (χ0) is 13.4. The molecule has 0 aromatic carbocycles. The normalized spacial score (nSPS) is 14.5. The van der Waals surface area contributed by atoms with Crippen LogP contribution in [-0.4, -0.2) is 32.5 Å². The summed E-state index contributed by atoms with van der Waals surface area (Å²) in [7, 11) is 0. The minimum Gasteiger partial charge on any atom is -0.361 e. The molecule has 0 aliphatic carbocycles. The molecule has 2 aromatic rings. The van der Waals surface area contributed by atoms with Crippen molar-refractivity contribution in [2.45, 2.75) is 33.2 Å². The first-order chi connectivity index (χ1) is 9.20. The summed E-state index contributed by atoms with van der Waals surface area (Å²) in [5, 5.41) is 3.94. The lowest BCUT2D eigenvalue weighted by Crippen LogP contribution is -2.36. The molecule has 1 aliphatic rings. The Bertz CT molecular complexity index is 614. The lowest BCUT2D eigenvalue weighted by Gasteiger charge is -2.26. The Balaban J connectivity index is 1.87. The summed E-state index contributed by atoms with van der Waals surface area (Å²) in [6, 6.07) is 0. The standard InChI is InChI=1S/C13H16N4O2/c1-3-9-12(8(2)19-16-9)13(18)17-5-4-10-11(6-17)15-7-14-10/h7H,3-6H2,1-2H3,(H,14,15). The maximum absolute atomic E-state index is 12.6. The number of aromatic nitrogens is 3. The van der Waals surface area contributed by atoms with Crippen LogP contribution in [0.1, 0.15) is 40.1 Å². The van der Waals surface area contributed by atoms with Crippen LogP contribution in [0.3, 0.4) is 0 Å². The average molecular weight is 260 g/mol. The second-order valence-corrected chi connectivity index (χ2v) is 4.72. The quantitative estimate of drug-likeness (QED) is 0.887. The highest BCUT2D eigenvalue weighted by Gasteiger charge is 2.28. The fraction of sp³-hybridized carbons (Fsp3) is 0.462. The molecule has 2 aromatic heterocycles. The van der Waals surface area contributed by atoms with Gasteiger partial charge in [0.15, 0.2) is 0 Å². The Morgan fingerprint density at radius 3 is 3.21 bits per heavy atom. The number of amides is 1. The molecular weight excluding hydrogens is 244 g/mol. The van der Waals surface area contributed by atoms with Crippen molar-refractivity contribution >= 4 is 5.91 Å². The van der Waals surface area contributed by atoms with Crippen LogP contribution in [0.25, 0.3) is 0 Å². The fourth-order valence-electron chi connectivity index (χ4n) is 2.48. The topological polar surface area (TPSA) is 75.0 Å². The third-order valence-corrected chi connectivity index (χ3v) is 3.54. The van der Waals surface area contributed by atoms with Gasteiger partial charge in [0.05, 0.1) is 30.0 Å². The van der Waals surface area contributed by atoms with E-state index in [9.17, 15) is 4.79 Å². The Kier molecular flexibility index (Phi) is 2.85. The van der Waals surface area contributed by atoms with E-state index in [-0.39, 0.29) is 5.91 Å². The lowest BCUT2D eigenvalue weighted by molar-refractivity contribution is 0.0729. The molecule has 0 fully saturated rings. The minimum absolute atomic E-state index is 0.00384. The van der Waals surface area contributed by atoms with E-state index in [2.05, 4.69) is 15.1 Å². The number of fused-ring (bicyclic) bond motifs is 1. The van der Waals surface area contributed by atoms with Gasteiger partial charge in [-0.25, -0.2) is 4.98 Å². The van der Waals surface area contributed by atoms with E-state index in [1.807, 2.05) is 11.8 Å². The van der Waals surface area contributed by atoms with Crippen molar-refractivity contribution in [2.75, 3.05) is 6.54 Å². The summed E-state index contributed by atoms with van der Waals surface area (Å²) in [5.74, 6) is 0.591. The Morgan fingerprint density at radius 2 is 2.42 bits per heavy atom. The van der Waals surface area contributed by atoms with Crippen molar-refractivity contribution in [3.63, 3.8) is 0 Å². The number of hydrogen-bond acceptors (Lipinski definition) is 4. The highest BCUT2D eigenvalue weighted by atomic mass is 16.5. The summed E-state index contributed by atoms with van der Waals surface area (Å²) in [6.07, 6.45) is 3.17. The third-order valence-electron chi connectivity index (χ3n) is 3.54. The Labute approximate surface area is 110 Å². The van der Waals surface area contributed by atoms with Crippen LogP contribution in [0.5, 0.6) is 0 Å². The zero-order valence-corrected chi connectivity index (χ0v) is 11.1. The molecule has 0 unspecified atom stereocenters. The SMILES string of the molecule is CCc1noc(C)c1C(=O)N1CCc2nc[nH]c2C1. The summed E-state index contributed by atoms with van der Waals surface area (Å²) >= 11 is 0. The molecule has 0 bridgehead atoms. The largest absolute Gasteiger partial charge is 0.361 e. The average Bonchev–Trinajstić information content (AvgIpc) is 3.02. The van der Waals surface area contributed by atoms with Gasteiger partial charge in [-0.1, -0.05) is 12.1 Å². The second-order valence-electron chi connectivity index (χ2n) is 4.72. The first-order valence-corrected chi connectivity index (χ1v) is 6.46. The van der Waals surface area contributed by atoms with Crippen molar-refractivity contribution in [3.05, 3.63) is 34.7 Å².